The zero-order chi connectivity index (χ0) is 27.4. The van der Waals surface area contributed by atoms with Crippen molar-refractivity contribution >= 4 is 15.7 Å². The first-order valence-electron chi connectivity index (χ1n) is 13.8. The predicted molar refractivity (Wildman–Crippen MR) is 156 cm³/mol. The largest absolute Gasteiger partial charge is 0.508 e. The van der Waals surface area contributed by atoms with Gasteiger partial charge >= 0.3 is 0 Å². The van der Waals surface area contributed by atoms with Crippen molar-refractivity contribution in [1.82, 2.24) is 4.90 Å². The highest BCUT2D eigenvalue weighted by Gasteiger charge is 2.29. The van der Waals surface area contributed by atoms with Crippen molar-refractivity contribution in [3.05, 3.63) is 88.5 Å². The van der Waals surface area contributed by atoms with E-state index in [4.69, 9.17) is 0 Å². The van der Waals surface area contributed by atoms with Gasteiger partial charge in [-0.15, -0.1) is 0 Å². The number of nitrogens with zero attached hydrogens (tertiary/aromatic N) is 2. The lowest BCUT2D eigenvalue weighted by molar-refractivity contribution is 0.102. The molecule has 0 aliphatic carbocycles. The maximum absolute atomic E-state index is 14.1. The molecule has 1 aliphatic heterocycles. The average Bonchev–Trinajstić information content (AvgIpc) is 2.84. The number of likely N-dealkylation sites (tertiary alicyclic amines) is 1. The number of aromatic hydroxyl groups is 1. The van der Waals surface area contributed by atoms with Crippen molar-refractivity contribution in [2.75, 3.05) is 10.8 Å². The minimum Gasteiger partial charge on any atom is -0.508 e. The van der Waals surface area contributed by atoms with Crippen LogP contribution in [0.15, 0.2) is 65.6 Å². The summed E-state index contributed by atoms with van der Waals surface area (Å²) in [6.07, 6.45) is 5.93. The number of phenolic OH excluding ortho intramolecular Hbond substituents is 1. The van der Waals surface area contributed by atoms with E-state index in [0.717, 1.165) is 41.6 Å². The van der Waals surface area contributed by atoms with Gasteiger partial charge in [0.1, 0.15) is 5.75 Å². The second-order valence-electron chi connectivity index (χ2n) is 11.0. The Hall–Kier alpha value is -2.83. The molecule has 2 atom stereocenters. The summed E-state index contributed by atoms with van der Waals surface area (Å²) in [5.74, 6) is 0.121. The third-order valence-electron chi connectivity index (χ3n) is 7.87. The highest BCUT2D eigenvalue weighted by Crippen LogP contribution is 2.31. The van der Waals surface area contributed by atoms with E-state index in [-0.39, 0.29) is 12.3 Å². The standard InChI is InChI=1S/C32H42N2O3S/c1-23-19-24(2)32(25(3)20-23)38(36,37)34(22-29-11-7-13-31(35)21-29)30-16-14-28(15-17-30)12-8-18-33-26(4)9-6-10-27(33)5/h7,11,13-17,19-21,26-27,35H,6,8-10,12,18,22H2,1-5H3. The van der Waals surface area contributed by atoms with Gasteiger partial charge in [-0.3, -0.25) is 9.21 Å². The van der Waals surface area contributed by atoms with Gasteiger partial charge in [0.2, 0.25) is 0 Å². The summed E-state index contributed by atoms with van der Waals surface area (Å²) in [6.45, 7) is 11.6. The Morgan fingerprint density at radius 3 is 2.13 bits per heavy atom. The van der Waals surface area contributed by atoms with Crippen LogP contribution in [0.4, 0.5) is 5.69 Å². The molecule has 6 heteroatoms. The second kappa shape index (κ2) is 11.9. The lowest BCUT2D eigenvalue weighted by Crippen LogP contribution is -2.44. The molecule has 38 heavy (non-hydrogen) atoms. The molecule has 0 saturated carbocycles. The second-order valence-corrected chi connectivity index (χ2v) is 12.8. The Kier molecular flexibility index (Phi) is 8.84. The van der Waals surface area contributed by atoms with Crippen LogP contribution in [0, 0.1) is 20.8 Å². The highest BCUT2D eigenvalue weighted by molar-refractivity contribution is 7.92. The zero-order valence-electron chi connectivity index (χ0n) is 23.4. The molecule has 0 radical (unpaired) electrons. The number of aryl methyl sites for hydroxylation is 4. The van der Waals surface area contributed by atoms with Gasteiger partial charge in [-0.25, -0.2) is 8.42 Å². The number of rotatable bonds is 9. The maximum atomic E-state index is 14.1. The van der Waals surface area contributed by atoms with E-state index in [2.05, 4.69) is 30.9 Å². The number of benzene rings is 3. The van der Waals surface area contributed by atoms with Crippen molar-refractivity contribution in [2.24, 2.45) is 0 Å². The average molecular weight is 535 g/mol. The molecule has 1 aliphatic rings. The number of piperidine rings is 1. The number of hydrogen-bond acceptors (Lipinski definition) is 4. The molecule has 0 amide bonds. The molecule has 4 rings (SSSR count). The van der Waals surface area contributed by atoms with Crippen LogP contribution in [0.25, 0.3) is 0 Å². The van der Waals surface area contributed by atoms with Crippen molar-refractivity contribution < 1.29 is 13.5 Å². The minimum absolute atomic E-state index is 0.121. The van der Waals surface area contributed by atoms with Gasteiger partial charge in [0, 0.05) is 12.1 Å². The third kappa shape index (κ3) is 6.41. The SMILES string of the molecule is Cc1cc(C)c(S(=O)(=O)N(Cc2cccc(O)c2)c2ccc(CCCN3C(C)CCCC3C)cc2)c(C)c1. The maximum Gasteiger partial charge on any atom is 0.265 e. The molecule has 204 valence electrons. The number of phenols is 1. The minimum atomic E-state index is -3.85. The first-order valence-corrected chi connectivity index (χ1v) is 15.2. The van der Waals surface area contributed by atoms with Crippen LogP contribution in [0.1, 0.15) is 67.3 Å². The van der Waals surface area contributed by atoms with Crippen molar-refractivity contribution in [1.29, 1.82) is 0 Å². The fraction of sp³-hybridized carbons (Fsp3) is 0.438. The van der Waals surface area contributed by atoms with Gasteiger partial charge in [0.25, 0.3) is 10.0 Å². The van der Waals surface area contributed by atoms with Crippen LogP contribution >= 0.6 is 0 Å². The van der Waals surface area contributed by atoms with Gasteiger partial charge < -0.3 is 5.11 Å². The van der Waals surface area contributed by atoms with Crippen LogP contribution in [0.3, 0.4) is 0 Å². The van der Waals surface area contributed by atoms with Gasteiger partial charge in [0.15, 0.2) is 0 Å². The van der Waals surface area contributed by atoms with Crippen LogP contribution in [0.5, 0.6) is 5.75 Å². The smallest absolute Gasteiger partial charge is 0.265 e. The van der Waals surface area contributed by atoms with Crippen LogP contribution in [-0.2, 0) is 23.0 Å². The van der Waals surface area contributed by atoms with Gasteiger partial charge in [-0.05, 0) is 113 Å². The first kappa shape index (κ1) is 28.2. The van der Waals surface area contributed by atoms with Gasteiger partial charge in [0.05, 0.1) is 17.1 Å². The molecule has 1 N–H and O–H groups in total. The Balaban J connectivity index is 1.59. The highest BCUT2D eigenvalue weighted by atomic mass is 32.2. The summed E-state index contributed by atoms with van der Waals surface area (Å²) in [5.41, 5.74) is 5.07. The molecule has 2 unspecified atom stereocenters. The zero-order valence-corrected chi connectivity index (χ0v) is 24.3. The topological polar surface area (TPSA) is 60.9 Å². The van der Waals surface area contributed by atoms with E-state index in [1.165, 1.54) is 29.1 Å². The van der Waals surface area contributed by atoms with E-state index in [9.17, 15) is 13.5 Å². The predicted octanol–water partition coefficient (Wildman–Crippen LogP) is 6.91. The Labute approximate surface area is 229 Å². The fourth-order valence-corrected chi connectivity index (χ4v) is 7.90. The summed E-state index contributed by atoms with van der Waals surface area (Å²) >= 11 is 0. The molecular formula is C32H42N2O3S. The lowest BCUT2D eigenvalue weighted by Gasteiger charge is -2.39. The number of sulfonamides is 1. The molecular weight excluding hydrogens is 492 g/mol. The number of anilines is 1. The molecule has 1 fully saturated rings. The Bertz CT molecular complexity index is 1320. The Morgan fingerprint density at radius 2 is 1.53 bits per heavy atom. The van der Waals surface area contributed by atoms with Crippen LogP contribution in [-0.4, -0.2) is 37.1 Å². The summed E-state index contributed by atoms with van der Waals surface area (Å²) < 4.78 is 29.7. The van der Waals surface area contributed by atoms with Crippen LogP contribution < -0.4 is 4.31 Å². The number of hydrogen-bond donors (Lipinski definition) is 1. The van der Waals surface area contributed by atoms with Crippen molar-refractivity contribution in [3.63, 3.8) is 0 Å². The molecule has 1 saturated heterocycles. The first-order chi connectivity index (χ1) is 18.1. The van der Waals surface area contributed by atoms with Crippen molar-refractivity contribution in [2.45, 2.75) is 90.2 Å². The quantitative estimate of drug-likeness (QED) is 0.324. The van der Waals surface area contributed by atoms with Crippen molar-refractivity contribution in [3.8, 4) is 5.75 Å². The van der Waals surface area contributed by atoms with E-state index in [0.29, 0.717) is 22.7 Å². The Morgan fingerprint density at radius 1 is 0.895 bits per heavy atom. The third-order valence-corrected chi connectivity index (χ3v) is 9.95. The van der Waals surface area contributed by atoms with E-state index >= 15 is 0 Å². The monoisotopic (exact) mass is 534 g/mol. The van der Waals surface area contributed by atoms with Crippen LogP contribution in [0.2, 0.25) is 0 Å². The molecule has 0 aromatic heterocycles. The summed E-state index contributed by atoms with van der Waals surface area (Å²) in [6, 6.07) is 19.9. The summed E-state index contributed by atoms with van der Waals surface area (Å²) in [5, 5.41) is 10.0. The van der Waals surface area contributed by atoms with E-state index in [1.807, 2.05) is 51.1 Å². The molecule has 5 nitrogen and oxygen atoms in total. The molecule has 3 aromatic rings. The van der Waals surface area contributed by atoms with E-state index in [1.54, 1.807) is 18.2 Å². The van der Waals surface area contributed by atoms with Gasteiger partial charge in [-0.2, -0.15) is 0 Å². The molecule has 0 bridgehead atoms. The molecule has 1 heterocycles. The normalized spacial score (nSPS) is 18.4. The fourth-order valence-electron chi connectivity index (χ4n) is 6.03. The molecule has 0 spiro atoms. The lowest BCUT2D eigenvalue weighted by atomic mass is 9.97. The van der Waals surface area contributed by atoms with Gasteiger partial charge in [-0.1, -0.05) is 48.4 Å². The summed E-state index contributed by atoms with van der Waals surface area (Å²) in [4.78, 5) is 2.98. The molecule has 3 aromatic carbocycles. The summed E-state index contributed by atoms with van der Waals surface area (Å²) in [7, 11) is -3.85. The van der Waals surface area contributed by atoms with E-state index < -0.39 is 10.0 Å².